The highest BCUT2D eigenvalue weighted by Crippen LogP contribution is 2.21. The fourth-order valence-electron chi connectivity index (χ4n) is 1.51. The summed E-state index contributed by atoms with van der Waals surface area (Å²) in [6, 6.07) is 10.5. The first kappa shape index (κ1) is 14.7. The fourth-order valence-corrected chi connectivity index (χ4v) is 1.51. The maximum absolute atomic E-state index is 5.39. The lowest BCUT2D eigenvalue weighted by molar-refractivity contribution is 0.138. The lowest BCUT2D eigenvalue weighted by Crippen LogP contribution is -2.20. The molecule has 0 atom stereocenters. The van der Waals surface area contributed by atoms with Gasteiger partial charge in [-0.15, -0.1) is 0 Å². The topological polar surface area (TPSA) is 21.6 Å². The predicted molar refractivity (Wildman–Crippen MR) is 77.9 cm³/mol. The van der Waals surface area contributed by atoms with Crippen LogP contribution in [-0.4, -0.2) is 12.3 Å². The van der Waals surface area contributed by atoms with Gasteiger partial charge in [0, 0.05) is 5.41 Å². The lowest BCUT2D eigenvalue weighted by Gasteiger charge is -2.21. The Labute approximate surface area is 111 Å². The third-order valence-corrected chi connectivity index (χ3v) is 3.61. The second kappa shape index (κ2) is 7.20. The first-order valence-electron chi connectivity index (χ1n) is 6.77. The highest BCUT2D eigenvalue weighted by molar-refractivity contribution is 5.86. The number of hydrogen-bond acceptors (Lipinski definition) is 2. The van der Waals surface area contributed by atoms with Crippen molar-refractivity contribution in [2.45, 2.75) is 47.0 Å². The van der Waals surface area contributed by atoms with Crippen LogP contribution in [0.1, 0.15) is 46.1 Å². The minimum absolute atomic E-state index is 0.138. The molecule has 100 valence electrons. The highest BCUT2D eigenvalue weighted by Gasteiger charge is 2.19. The lowest BCUT2D eigenvalue weighted by atomic mass is 9.86. The summed E-state index contributed by atoms with van der Waals surface area (Å²) in [6.07, 6.45) is 3.13. The molecule has 0 aliphatic rings. The van der Waals surface area contributed by atoms with E-state index in [1.54, 1.807) is 0 Å². The zero-order chi connectivity index (χ0) is 13.4. The molecule has 0 aliphatic heterocycles. The van der Waals surface area contributed by atoms with E-state index in [2.05, 4.69) is 50.2 Å². The molecule has 0 heterocycles. The van der Waals surface area contributed by atoms with Crippen molar-refractivity contribution in [2.24, 2.45) is 10.6 Å². The summed E-state index contributed by atoms with van der Waals surface area (Å²) in [7, 11) is 0. The minimum atomic E-state index is 0.138. The molecule has 0 aromatic heterocycles. The van der Waals surface area contributed by atoms with Crippen molar-refractivity contribution >= 4 is 5.71 Å². The van der Waals surface area contributed by atoms with E-state index in [-0.39, 0.29) is 5.41 Å². The second-order valence-electron chi connectivity index (χ2n) is 5.34. The molecule has 0 saturated heterocycles. The largest absolute Gasteiger partial charge is 0.396 e. The van der Waals surface area contributed by atoms with Crippen LogP contribution in [-0.2, 0) is 11.3 Å². The monoisotopic (exact) mass is 247 g/mol. The molecule has 0 unspecified atom stereocenters. The molecule has 18 heavy (non-hydrogen) atoms. The summed E-state index contributed by atoms with van der Waals surface area (Å²) in [5.41, 5.74) is 2.57. The van der Waals surface area contributed by atoms with Crippen LogP contribution in [0.4, 0.5) is 0 Å². The Morgan fingerprint density at radius 3 is 2.50 bits per heavy atom. The van der Waals surface area contributed by atoms with Gasteiger partial charge in [-0.3, -0.25) is 0 Å². The Kier molecular flexibility index (Phi) is 5.90. The number of oxime groups is 1. The van der Waals surface area contributed by atoms with Crippen LogP contribution in [0.2, 0.25) is 0 Å². The van der Waals surface area contributed by atoms with Gasteiger partial charge in [0.1, 0.15) is 6.61 Å². The van der Waals surface area contributed by atoms with Gasteiger partial charge in [0.2, 0.25) is 0 Å². The molecule has 0 aliphatic carbocycles. The summed E-state index contributed by atoms with van der Waals surface area (Å²) in [5, 5.41) is 4.21. The minimum Gasteiger partial charge on any atom is -0.396 e. The maximum atomic E-state index is 5.39. The van der Waals surface area contributed by atoms with E-state index in [0.29, 0.717) is 6.61 Å². The Bertz CT molecular complexity index is 368. The van der Waals surface area contributed by atoms with Gasteiger partial charge in [-0.25, -0.2) is 0 Å². The van der Waals surface area contributed by atoms with Crippen molar-refractivity contribution < 1.29 is 4.84 Å². The standard InChI is InChI=1S/C16H25NO/c1-5-16(3,4)14(2)17-18-13-9-12-15-10-7-6-8-11-15/h6-8,10-11H,5,9,12-13H2,1-4H3/b17-14+. The van der Waals surface area contributed by atoms with Gasteiger partial charge in [-0.2, -0.15) is 0 Å². The Morgan fingerprint density at radius 2 is 1.89 bits per heavy atom. The smallest absolute Gasteiger partial charge is 0.117 e. The van der Waals surface area contributed by atoms with E-state index in [4.69, 9.17) is 4.84 Å². The molecule has 0 fully saturated rings. The van der Waals surface area contributed by atoms with Gasteiger partial charge >= 0.3 is 0 Å². The van der Waals surface area contributed by atoms with Crippen molar-refractivity contribution in [3.63, 3.8) is 0 Å². The normalized spacial score (nSPS) is 12.6. The number of nitrogens with zero attached hydrogens (tertiary/aromatic N) is 1. The summed E-state index contributed by atoms with van der Waals surface area (Å²) >= 11 is 0. The molecular weight excluding hydrogens is 222 g/mol. The number of rotatable bonds is 7. The van der Waals surface area contributed by atoms with Crippen LogP contribution in [0.15, 0.2) is 35.5 Å². The van der Waals surface area contributed by atoms with Crippen LogP contribution in [0.5, 0.6) is 0 Å². The quantitative estimate of drug-likeness (QED) is 0.396. The van der Waals surface area contributed by atoms with E-state index >= 15 is 0 Å². The third-order valence-electron chi connectivity index (χ3n) is 3.61. The third kappa shape index (κ3) is 4.91. The van der Waals surface area contributed by atoms with Crippen molar-refractivity contribution in [3.05, 3.63) is 35.9 Å². The van der Waals surface area contributed by atoms with Crippen molar-refractivity contribution in [2.75, 3.05) is 6.61 Å². The zero-order valence-electron chi connectivity index (χ0n) is 12.1. The van der Waals surface area contributed by atoms with Crippen molar-refractivity contribution in [3.8, 4) is 0 Å². The van der Waals surface area contributed by atoms with Crippen LogP contribution in [0, 0.1) is 5.41 Å². The van der Waals surface area contributed by atoms with Gasteiger partial charge in [0.25, 0.3) is 0 Å². The van der Waals surface area contributed by atoms with E-state index < -0.39 is 0 Å². The number of aryl methyl sites for hydroxylation is 1. The maximum Gasteiger partial charge on any atom is 0.117 e. The van der Waals surface area contributed by atoms with Crippen molar-refractivity contribution in [1.29, 1.82) is 0 Å². The summed E-state index contributed by atoms with van der Waals surface area (Å²) in [5.74, 6) is 0. The zero-order valence-corrected chi connectivity index (χ0v) is 12.1. The van der Waals surface area contributed by atoms with E-state index in [1.807, 2.05) is 13.0 Å². The number of benzene rings is 1. The molecule has 0 N–H and O–H groups in total. The van der Waals surface area contributed by atoms with Crippen LogP contribution < -0.4 is 0 Å². The van der Waals surface area contributed by atoms with Crippen LogP contribution in [0.3, 0.4) is 0 Å². The molecule has 1 rings (SSSR count). The summed E-state index contributed by atoms with van der Waals surface area (Å²) in [4.78, 5) is 5.39. The van der Waals surface area contributed by atoms with Gasteiger partial charge in [0.15, 0.2) is 0 Å². The first-order chi connectivity index (χ1) is 8.56. The highest BCUT2D eigenvalue weighted by atomic mass is 16.6. The number of hydrogen-bond donors (Lipinski definition) is 0. The van der Waals surface area contributed by atoms with Gasteiger partial charge in [-0.1, -0.05) is 56.3 Å². The van der Waals surface area contributed by atoms with Crippen LogP contribution >= 0.6 is 0 Å². The molecule has 0 spiro atoms. The molecule has 2 heteroatoms. The predicted octanol–water partition coefficient (Wildman–Crippen LogP) is 4.45. The molecule has 0 radical (unpaired) electrons. The SMILES string of the molecule is CCC(C)(C)/C(C)=N/OCCCc1ccccc1. The first-order valence-corrected chi connectivity index (χ1v) is 6.77. The molecule has 1 aromatic rings. The molecule has 2 nitrogen and oxygen atoms in total. The average Bonchev–Trinajstić information content (AvgIpc) is 2.39. The van der Waals surface area contributed by atoms with Gasteiger partial charge in [-0.05, 0) is 31.7 Å². The Hall–Kier alpha value is -1.31. The Balaban J connectivity index is 2.25. The molecule has 1 aromatic carbocycles. The molecular formula is C16H25NO. The van der Waals surface area contributed by atoms with E-state index in [9.17, 15) is 0 Å². The van der Waals surface area contributed by atoms with Gasteiger partial charge < -0.3 is 4.84 Å². The Morgan fingerprint density at radius 1 is 1.22 bits per heavy atom. The molecule has 0 bridgehead atoms. The molecule has 0 saturated carbocycles. The van der Waals surface area contributed by atoms with Crippen LogP contribution in [0.25, 0.3) is 0 Å². The summed E-state index contributed by atoms with van der Waals surface area (Å²) in [6.45, 7) is 9.29. The average molecular weight is 247 g/mol. The second-order valence-corrected chi connectivity index (χ2v) is 5.34. The van der Waals surface area contributed by atoms with Gasteiger partial charge in [0.05, 0.1) is 5.71 Å². The summed E-state index contributed by atoms with van der Waals surface area (Å²) < 4.78 is 0. The molecule has 0 amide bonds. The van der Waals surface area contributed by atoms with E-state index in [1.165, 1.54) is 5.56 Å². The fraction of sp³-hybridized carbons (Fsp3) is 0.562. The van der Waals surface area contributed by atoms with Crippen molar-refractivity contribution in [1.82, 2.24) is 0 Å². The van der Waals surface area contributed by atoms with E-state index in [0.717, 1.165) is 25.0 Å².